The Kier molecular flexibility index (Phi) is 5.81. The van der Waals surface area contributed by atoms with Gasteiger partial charge in [0, 0.05) is 5.02 Å². The van der Waals surface area contributed by atoms with Crippen LogP contribution < -0.4 is 15.8 Å². The molecule has 0 unspecified atom stereocenters. The van der Waals surface area contributed by atoms with Gasteiger partial charge in [-0.1, -0.05) is 17.7 Å². The summed E-state index contributed by atoms with van der Waals surface area (Å²) in [5.74, 6) is 0. The number of ether oxygens (including phenoxy) is 1. The summed E-state index contributed by atoms with van der Waals surface area (Å²) in [6, 6.07) is 7.50. The molecular weight excluding hydrogens is 418 g/mol. The number of halogens is 1. The summed E-state index contributed by atoms with van der Waals surface area (Å²) < 4.78 is 33.3. The van der Waals surface area contributed by atoms with Gasteiger partial charge in [0.1, 0.15) is 0 Å². The second-order valence-electron chi connectivity index (χ2n) is 6.17. The fourth-order valence-electron chi connectivity index (χ4n) is 2.70. The van der Waals surface area contributed by atoms with Crippen LogP contribution in [0.4, 0.5) is 5.69 Å². The minimum atomic E-state index is -3.97. The highest BCUT2D eigenvalue weighted by atomic mass is 35.5. The van der Waals surface area contributed by atoms with Crippen LogP contribution in [-0.4, -0.2) is 25.0 Å². The fraction of sp³-hybridized carbons (Fsp3) is 0.158. The largest absolute Gasteiger partial charge is 0.501 e. The lowest BCUT2D eigenvalue weighted by Crippen LogP contribution is -2.29. The molecule has 2 aromatic carbocycles. The summed E-state index contributed by atoms with van der Waals surface area (Å²) in [6.45, 7) is 3.97. The van der Waals surface area contributed by atoms with Gasteiger partial charge in [-0.2, -0.15) is 0 Å². The molecule has 0 spiro atoms. The average molecular weight is 436 g/mol. The van der Waals surface area contributed by atoms with E-state index in [0.29, 0.717) is 28.3 Å². The quantitative estimate of drug-likeness (QED) is 0.406. The maximum absolute atomic E-state index is 12.9. The molecule has 29 heavy (non-hydrogen) atoms. The number of aromatic nitrogens is 2. The van der Waals surface area contributed by atoms with Crippen molar-refractivity contribution in [2.45, 2.75) is 18.7 Å². The highest BCUT2D eigenvalue weighted by Gasteiger charge is 2.19. The molecule has 0 saturated heterocycles. The Morgan fingerprint density at radius 2 is 1.76 bits per heavy atom. The lowest BCUT2D eigenvalue weighted by molar-refractivity contribution is 0.272. The zero-order valence-corrected chi connectivity index (χ0v) is 17.1. The Morgan fingerprint density at radius 3 is 2.38 bits per heavy atom. The monoisotopic (exact) mass is 435 g/mol. The van der Waals surface area contributed by atoms with Gasteiger partial charge >= 0.3 is 11.1 Å². The molecule has 0 aliphatic rings. The van der Waals surface area contributed by atoms with Crippen LogP contribution in [-0.2, 0) is 14.8 Å². The van der Waals surface area contributed by atoms with Crippen molar-refractivity contribution >= 4 is 44.4 Å². The molecule has 0 aliphatic heterocycles. The standard InChI is InChI=1S/C19H18ClN3O5S/c1-3-28-7-6-12-4-5-13(9-14(12)20)23-29(26,27)17-10-16-15(8-11(17)2)21-18(24)19(25)22-16/h4-10,23H,3H2,1-2H3,(H,21,24)(H,22,25)/b7-6+. The van der Waals surface area contributed by atoms with Crippen molar-refractivity contribution in [2.75, 3.05) is 11.3 Å². The molecule has 8 nitrogen and oxygen atoms in total. The van der Waals surface area contributed by atoms with Crippen molar-refractivity contribution in [3.05, 3.63) is 73.5 Å². The van der Waals surface area contributed by atoms with Gasteiger partial charge in [0.15, 0.2) is 0 Å². The topological polar surface area (TPSA) is 121 Å². The molecular formula is C19H18ClN3O5S. The minimum absolute atomic E-state index is 0.0378. The van der Waals surface area contributed by atoms with Crippen molar-refractivity contribution in [3.8, 4) is 0 Å². The first-order chi connectivity index (χ1) is 13.7. The first kappa shape index (κ1) is 20.7. The van der Waals surface area contributed by atoms with E-state index in [-0.39, 0.29) is 16.1 Å². The van der Waals surface area contributed by atoms with Crippen LogP contribution >= 0.6 is 11.6 Å². The van der Waals surface area contributed by atoms with Gasteiger partial charge in [-0.25, -0.2) is 8.42 Å². The van der Waals surface area contributed by atoms with Crippen LogP contribution in [0.2, 0.25) is 5.02 Å². The maximum Gasteiger partial charge on any atom is 0.314 e. The van der Waals surface area contributed by atoms with E-state index in [1.54, 1.807) is 25.1 Å². The number of H-pyrrole nitrogens is 2. The Morgan fingerprint density at radius 1 is 1.10 bits per heavy atom. The molecule has 0 aliphatic carbocycles. The third-order valence-electron chi connectivity index (χ3n) is 4.07. The SMILES string of the molecule is CCO/C=C/c1ccc(NS(=O)(=O)c2cc3[nH]c(=O)c(=O)[nH]c3cc2C)cc1Cl. The summed E-state index contributed by atoms with van der Waals surface area (Å²) in [6.07, 6.45) is 3.18. The predicted octanol–water partition coefficient (Wildman–Crippen LogP) is 2.99. The number of sulfonamides is 1. The first-order valence-corrected chi connectivity index (χ1v) is 10.4. The number of rotatable bonds is 6. The number of anilines is 1. The van der Waals surface area contributed by atoms with Gasteiger partial charge in [-0.15, -0.1) is 0 Å². The molecule has 1 heterocycles. The molecule has 3 aromatic rings. The number of aryl methyl sites for hydroxylation is 1. The predicted molar refractivity (Wildman–Crippen MR) is 113 cm³/mol. The van der Waals surface area contributed by atoms with Gasteiger partial charge in [0.05, 0.1) is 34.5 Å². The minimum Gasteiger partial charge on any atom is -0.501 e. The summed E-state index contributed by atoms with van der Waals surface area (Å²) in [4.78, 5) is 27.7. The van der Waals surface area contributed by atoms with E-state index in [1.165, 1.54) is 24.5 Å². The van der Waals surface area contributed by atoms with E-state index < -0.39 is 21.1 Å². The average Bonchev–Trinajstić information content (AvgIpc) is 2.64. The first-order valence-electron chi connectivity index (χ1n) is 8.59. The van der Waals surface area contributed by atoms with Crippen molar-refractivity contribution in [2.24, 2.45) is 0 Å². The molecule has 0 radical (unpaired) electrons. The van der Waals surface area contributed by atoms with Gasteiger partial charge < -0.3 is 14.7 Å². The van der Waals surface area contributed by atoms with E-state index in [0.717, 1.165) is 0 Å². The molecule has 0 atom stereocenters. The van der Waals surface area contributed by atoms with Crippen LogP contribution in [0.3, 0.4) is 0 Å². The highest BCUT2D eigenvalue weighted by Crippen LogP contribution is 2.26. The van der Waals surface area contributed by atoms with Crippen LogP contribution in [0.1, 0.15) is 18.1 Å². The lowest BCUT2D eigenvalue weighted by atomic mass is 10.2. The number of hydrogen-bond donors (Lipinski definition) is 3. The molecule has 3 rings (SSSR count). The van der Waals surface area contributed by atoms with Crippen molar-refractivity contribution in [1.29, 1.82) is 0 Å². The van der Waals surface area contributed by atoms with Crippen LogP contribution in [0.15, 0.2) is 51.1 Å². The summed E-state index contributed by atoms with van der Waals surface area (Å²) in [7, 11) is -3.97. The zero-order valence-electron chi connectivity index (χ0n) is 15.6. The molecule has 3 N–H and O–H groups in total. The van der Waals surface area contributed by atoms with E-state index in [1.807, 2.05) is 6.92 Å². The van der Waals surface area contributed by atoms with Gasteiger partial charge in [-0.05, 0) is 55.3 Å². The van der Waals surface area contributed by atoms with E-state index in [4.69, 9.17) is 16.3 Å². The molecule has 152 valence electrons. The zero-order chi connectivity index (χ0) is 21.2. The Balaban J connectivity index is 1.96. The maximum atomic E-state index is 12.9. The molecule has 10 heteroatoms. The van der Waals surface area contributed by atoms with E-state index in [2.05, 4.69) is 14.7 Å². The Hall–Kier alpha value is -3.04. The van der Waals surface area contributed by atoms with Crippen molar-refractivity contribution in [1.82, 2.24) is 9.97 Å². The highest BCUT2D eigenvalue weighted by molar-refractivity contribution is 7.92. The Bertz CT molecular complexity index is 1330. The summed E-state index contributed by atoms with van der Waals surface area (Å²) >= 11 is 6.21. The van der Waals surface area contributed by atoms with Crippen molar-refractivity contribution in [3.63, 3.8) is 0 Å². The summed E-state index contributed by atoms with van der Waals surface area (Å²) in [5, 5.41) is 0.346. The third-order valence-corrected chi connectivity index (χ3v) is 5.92. The van der Waals surface area contributed by atoms with Gasteiger partial charge in [0.2, 0.25) is 0 Å². The van der Waals surface area contributed by atoms with Crippen LogP contribution in [0.25, 0.3) is 17.1 Å². The number of aromatic amines is 2. The second-order valence-corrected chi connectivity index (χ2v) is 8.23. The van der Waals surface area contributed by atoms with E-state index in [9.17, 15) is 18.0 Å². The molecule has 0 fully saturated rings. The number of benzene rings is 2. The summed E-state index contributed by atoms with van der Waals surface area (Å²) in [5.41, 5.74) is 0.216. The molecule has 0 amide bonds. The van der Waals surface area contributed by atoms with E-state index >= 15 is 0 Å². The Labute approximate surface area is 171 Å². The normalized spacial score (nSPS) is 11.8. The van der Waals surface area contributed by atoms with Gasteiger partial charge in [0.25, 0.3) is 10.0 Å². The number of fused-ring (bicyclic) bond motifs is 1. The van der Waals surface area contributed by atoms with Gasteiger partial charge in [-0.3, -0.25) is 14.3 Å². The molecule has 0 bridgehead atoms. The third kappa shape index (κ3) is 4.52. The second kappa shape index (κ2) is 8.14. The molecule has 0 saturated carbocycles. The van der Waals surface area contributed by atoms with Crippen LogP contribution in [0, 0.1) is 6.92 Å². The van der Waals surface area contributed by atoms with Crippen molar-refractivity contribution < 1.29 is 13.2 Å². The number of nitrogens with one attached hydrogen (secondary N) is 3. The molecule has 1 aromatic heterocycles. The smallest absolute Gasteiger partial charge is 0.314 e. The number of hydrogen-bond acceptors (Lipinski definition) is 5. The fourth-order valence-corrected chi connectivity index (χ4v) is 4.24. The van der Waals surface area contributed by atoms with Crippen LogP contribution in [0.5, 0.6) is 0 Å². The lowest BCUT2D eigenvalue weighted by Gasteiger charge is -2.12.